The van der Waals surface area contributed by atoms with E-state index in [0.29, 0.717) is 0 Å². The number of benzene rings is 3. The number of rotatable bonds is 2. The SMILES string of the molecule is CC1(C)c2ccccc2N(Cc2ccccc2)C12C=Cc1c(ccc3ncccc13)O2. The molecule has 3 nitrogen and oxygen atoms in total. The summed E-state index contributed by atoms with van der Waals surface area (Å²) in [7, 11) is 0. The number of ether oxygens (including phenoxy) is 1. The molecule has 1 unspecified atom stereocenters. The van der Waals surface area contributed by atoms with Gasteiger partial charge in [-0.05, 0) is 61.4 Å². The first-order chi connectivity index (χ1) is 15.1. The van der Waals surface area contributed by atoms with E-state index in [0.717, 1.165) is 28.8 Å². The molecule has 0 amide bonds. The van der Waals surface area contributed by atoms with Crippen molar-refractivity contribution < 1.29 is 4.74 Å². The number of hydrogen-bond donors (Lipinski definition) is 0. The number of para-hydroxylation sites is 1. The first-order valence-electron chi connectivity index (χ1n) is 10.8. The van der Waals surface area contributed by atoms with Gasteiger partial charge < -0.3 is 9.64 Å². The molecule has 0 saturated heterocycles. The number of nitrogens with zero attached hydrogens (tertiary/aromatic N) is 2. The summed E-state index contributed by atoms with van der Waals surface area (Å²) in [6, 6.07) is 27.5. The van der Waals surface area contributed by atoms with Crippen molar-refractivity contribution in [2.75, 3.05) is 4.90 Å². The second-order valence-corrected chi connectivity index (χ2v) is 8.89. The van der Waals surface area contributed by atoms with E-state index < -0.39 is 5.72 Å². The molecule has 6 rings (SSSR count). The number of fused-ring (bicyclic) bond motifs is 4. The topological polar surface area (TPSA) is 25.4 Å². The number of anilines is 1. The van der Waals surface area contributed by atoms with E-state index in [1.807, 2.05) is 12.3 Å². The van der Waals surface area contributed by atoms with Crippen LogP contribution < -0.4 is 9.64 Å². The Bertz CT molecular complexity index is 1330. The Balaban J connectivity index is 1.54. The monoisotopic (exact) mass is 404 g/mol. The molecule has 4 aromatic rings. The summed E-state index contributed by atoms with van der Waals surface area (Å²) in [4.78, 5) is 6.93. The molecule has 3 heterocycles. The highest BCUT2D eigenvalue weighted by molar-refractivity contribution is 5.92. The van der Waals surface area contributed by atoms with E-state index in [1.165, 1.54) is 16.8 Å². The lowest BCUT2D eigenvalue weighted by atomic mass is 9.76. The Morgan fingerprint density at radius 3 is 2.55 bits per heavy atom. The van der Waals surface area contributed by atoms with Gasteiger partial charge in [-0.1, -0.05) is 54.6 Å². The average Bonchev–Trinajstić information content (AvgIpc) is 2.98. The maximum atomic E-state index is 6.98. The van der Waals surface area contributed by atoms with Gasteiger partial charge in [-0.2, -0.15) is 0 Å². The number of aromatic nitrogens is 1. The molecular weight excluding hydrogens is 380 g/mol. The van der Waals surface area contributed by atoms with Crippen molar-refractivity contribution in [3.05, 3.63) is 108 Å². The minimum Gasteiger partial charge on any atom is -0.463 e. The molecule has 1 spiro atoms. The fourth-order valence-corrected chi connectivity index (χ4v) is 5.21. The van der Waals surface area contributed by atoms with E-state index in [9.17, 15) is 0 Å². The van der Waals surface area contributed by atoms with E-state index in [4.69, 9.17) is 4.74 Å². The molecule has 2 aliphatic rings. The van der Waals surface area contributed by atoms with Crippen LogP contribution in [0, 0.1) is 0 Å². The third kappa shape index (κ3) is 2.50. The van der Waals surface area contributed by atoms with Crippen LogP contribution in [0.2, 0.25) is 0 Å². The Labute approximate surface area is 182 Å². The minimum absolute atomic E-state index is 0.240. The Kier molecular flexibility index (Phi) is 3.79. The van der Waals surface area contributed by atoms with Crippen molar-refractivity contribution in [3.63, 3.8) is 0 Å². The second-order valence-electron chi connectivity index (χ2n) is 8.89. The summed E-state index contributed by atoms with van der Waals surface area (Å²) in [5.41, 5.74) is 5.03. The molecule has 1 atom stereocenters. The Morgan fingerprint density at radius 1 is 0.871 bits per heavy atom. The van der Waals surface area contributed by atoms with Crippen molar-refractivity contribution in [2.24, 2.45) is 0 Å². The molecule has 152 valence electrons. The summed E-state index contributed by atoms with van der Waals surface area (Å²) in [6.45, 7) is 5.35. The van der Waals surface area contributed by atoms with Crippen LogP contribution in [0.25, 0.3) is 17.0 Å². The average molecular weight is 405 g/mol. The van der Waals surface area contributed by atoms with Crippen LogP contribution in [0.15, 0.2) is 91.1 Å². The lowest BCUT2D eigenvalue weighted by molar-refractivity contribution is 0.0523. The van der Waals surface area contributed by atoms with Gasteiger partial charge in [0, 0.05) is 29.4 Å². The van der Waals surface area contributed by atoms with Crippen LogP contribution >= 0.6 is 0 Å². The van der Waals surface area contributed by atoms with Gasteiger partial charge in [0.05, 0.1) is 10.9 Å². The van der Waals surface area contributed by atoms with Crippen molar-refractivity contribution >= 4 is 22.7 Å². The summed E-state index contributed by atoms with van der Waals surface area (Å²) in [5, 5.41) is 1.12. The first-order valence-corrected chi connectivity index (χ1v) is 10.8. The largest absolute Gasteiger partial charge is 0.463 e. The van der Waals surface area contributed by atoms with Crippen LogP contribution in [-0.2, 0) is 12.0 Å². The van der Waals surface area contributed by atoms with E-state index in [2.05, 4.69) is 109 Å². The third-order valence-electron chi connectivity index (χ3n) is 6.88. The predicted octanol–water partition coefficient (Wildman–Crippen LogP) is 6.33. The van der Waals surface area contributed by atoms with Crippen molar-refractivity contribution in [1.82, 2.24) is 4.98 Å². The van der Waals surface area contributed by atoms with E-state index >= 15 is 0 Å². The van der Waals surface area contributed by atoms with Crippen LogP contribution in [0.3, 0.4) is 0 Å². The zero-order chi connectivity index (χ0) is 21.1. The highest BCUT2D eigenvalue weighted by Crippen LogP contribution is 2.55. The molecule has 0 N–H and O–H groups in total. The molecular formula is C28H24N2O. The molecule has 3 heteroatoms. The van der Waals surface area contributed by atoms with Crippen LogP contribution in [0.4, 0.5) is 5.69 Å². The van der Waals surface area contributed by atoms with Crippen molar-refractivity contribution in [1.29, 1.82) is 0 Å². The van der Waals surface area contributed by atoms with Gasteiger partial charge in [-0.15, -0.1) is 0 Å². The molecule has 31 heavy (non-hydrogen) atoms. The van der Waals surface area contributed by atoms with E-state index in [-0.39, 0.29) is 5.41 Å². The van der Waals surface area contributed by atoms with Crippen molar-refractivity contribution in [2.45, 2.75) is 31.5 Å². The zero-order valence-corrected chi connectivity index (χ0v) is 17.7. The van der Waals surface area contributed by atoms with Gasteiger partial charge in [0.15, 0.2) is 0 Å². The second kappa shape index (κ2) is 6.45. The first kappa shape index (κ1) is 18.2. The number of hydrogen-bond acceptors (Lipinski definition) is 3. The van der Waals surface area contributed by atoms with Crippen LogP contribution in [0.5, 0.6) is 5.75 Å². The third-order valence-corrected chi connectivity index (χ3v) is 6.88. The highest BCUT2D eigenvalue weighted by Gasteiger charge is 2.58. The highest BCUT2D eigenvalue weighted by atomic mass is 16.5. The van der Waals surface area contributed by atoms with Gasteiger partial charge in [0.25, 0.3) is 0 Å². The molecule has 0 aliphatic carbocycles. The fourth-order valence-electron chi connectivity index (χ4n) is 5.21. The number of pyridine rings is 1. The normalized spacial score (nSPS) is 20.5. The minimum atomic E-state index is -0.616. The lowest BCUT2D eigenvalue weighted by Gasteiger charge is -2.47. The summed E-state index contributed by atoms with van der Waals surface area (Å²) in [5.74, 6) is 0.905. The maximum absolute atomic E-state index is 6.98. The summed E-state index contributed by atoms with van der Waals surface area (Å²) < 4.78 is 6.98. The fraction of sp³-hybridized carbons (Fsp3) is 0.179. The summed E-state index contributed by atoms with van der Waals surface area (Å²) >= 11 is 0. The molecule has 3 aromatic carbocycles. The van der Waals surface area contributed by atoms with Gasteiger partial charge in [-0.3, -0.25) is 4.98 Å². The smallest absolute Gasteiger partial charge is 0.212 e. The summed E-state index contributed by atoms with van der Waals surface area (Å²) in [6.07, 6.45) is 6.32. The predicted molar refractivity (Wildman–Crippen MR) is 126 cm³/mol. The molecule has 0 saturated carbocycles. The zero-order valence-electron chi connectivity index (χ0n) is 17.7. The molecule has 0 radical (unpaired) electrons. The molecule has 1 aromatic heterocycles. The standard InChI is InChI=1S/C28H24N2O/c1-27(2)23-12-6-7-13-25(23)30(19-20-9-4-3-5-10-20)28(27)17-16-22-21-11-8-18-29-24(21)14-15-26(22)31-28/h3-18H,19H2,1-2H3. The van der Waals surface area contributed by atoms with Crippen LogP contribution in [0.1, 0.15) is 30.5 Å². The van der Waals surface area contributed by atoms with Gasteiger partial charge in [-0.25, -0.2) is 0 Å². The lowest BCUT2D eigenvalue weighted by Crippen LogP contribution is -2.59. The van der Waals surface area contributed by atoms with Gasteiger partial charge in [0.1, 0.15) is 5.75 Å². The quantitative estimate of drug-likeness (QED) is 0.390. The maximum Gasteiger partial charge on any atom is 0.212 e. The van der Waals surface area contributed by atoms with Gasteiger partial charge in [0.2, 0.25) is 5.72 Å². The van der Waals surface area contributed by atoms with Crippen molar-refractivity contribution in [3.8, 4) is 5.75 Å². The van der Waals surface area contributed by atoms with E-state index in [1.54, 1.807) is 0 Å². The Morgan fingerprint density at radius 2 is 1.68 bits per heavy atom. The molecule has 2 aliphatic heterocycles. The Hall–Kier alpha value is -3.59. The molecule has 0 fully saturated rings. The van der Waals surface area contributed by atoms with Crippen LogP contribution in [-0.4, -0.2) is 10.7 Å². The molecule has 0 bridgehead atoms. The van der Waals surface area contributed by atoms with Gasteiger partial charge >= 0.3 is 0 Å².